The van der Waals surface area contributed by atoms with Gasteiger partial charge >= 0.3 is 0 Å². The standard InChI is InChI=1S/C30H33F4N3O4/c1-29(6-3-7-29)13-37-27(39)23-17-9-15(10-18(17)25(33)34)24(23)30(28(36)40)12-19(21(32)11-22(30)41-2)16-8-14(26(35)38)4-5-20(16)31/h4-5,8,11,15,17,23-24H,3,6-7,9-10,12-13H2,1-2H3,(H2,35,38)(H2,36,40)(H,37,39)/t15-,17+,23+,24-,30?/m1/s1. The molecule has 5 rings (SSSR count). The normalized spacial score (nSPS) is 30.0. The van der Waals surface area contributed by atoms with Crippen LogP contribution >= 0.6 is 0 Å². The summed E-state index contributed by atoms with van der Waals surface area (Å²) in [6.45, 7) is 2.39. The number of carbonyl (C=O) groups is 3. The van der Waals surface area contributed by atoms with Gasteiger partial charge in [-0.1, -0.05) is 13.3 Å². The van der Waals surface area contributed by atoms with Gasteiger partial charge in [-0.15, -0.1) is 0 Å². The number of hydrogen-bond donors (Lipinski definition) is 3. The van der Waals surface area contributed by atoms with Crippen LogP contribution < -0.4 is 16.8 Å². The molecule has 0 spiro atoms. The highest BCUT2D eigenvalue weighted by atomic mass is 19.3. The number of rotatable bonds is 8. The summed E-state index contributed by atoms with van der Waals surface area (Å²) in [5, 5.41) is 2.93. The van der Waals surface area contributed by atoms with Gasteiger partial charge in [0.2, 0.25) is 17.7 Å². The molecule has 4 aliphatic rings. The predicted molar refractivity (Wildman–Crippen MR) is 142 cm³/mol. The third-order valence-electron chi connectivity index (χ3n) is 9.86. The molecule has 0 heterocycles. The number of amides is 3. The average molecular weight is 576 g/mol. The number of primary amides is 2. The fourth-order valence-electron chi connectivity index (χ4n) is 7.62. The monoisotopic (exact) mass is 575 g/mol. The number of ether oxygens (including phenoxy) is 1. The van der Waals surface area contributed by atoms with E-state index in [2.05, 4.69) is 5.32 Å². The Morgan fingerprint density at radius 2 is 1.85 bits per heavy atom. The van der Waals surface area contributed by atoms with Crippen LogP contribution in [0.5, 0.6) is 0 Å². The molecule has 5 atom stereocenters. The lowest BCUT2D eigenvalue weighted by atomic mass is 9.57. The van der Waals surface area contributed by atoms with Gasteiger partial charge in [-0.2, -0.15) is 8.78 Å². The molecule has 3 amide bonds. The summed E-state index contributed by atoms with van der Waals surface area (Å²) >= 11 is 0. The fraction of sp³-hybridized carbons (Fsp3) is 0.500. The molecule has 0 radical (unpaired) electrons. The van der Waals surface area contributed by atoms with Crippen molar-refractivity contribution in [2.75, 3.05) is 13.7 Å². The van der Waals surface area contributed by atoms with Crippen molar-refractivity contribution in [2.45, 2.75) is 45.4 Å². The first-order chi connectivity index (χ1) is 19.3. The van der Waals surface area contributed by atoms with Crippen molar-refractivity contribution in [1.82, 2.24) is 5.32 Å². The van der Waals surface area contributed by atoms with Gasteiger partial charge in [-0.3, -0.25) is 14.4 Å². The number of halogens is 4. The van der Waals surface area contributed by atoms with Crippen molar-refractivity contribution in [1.29, 1.82) is 0 Å². The third-order valence-corrected chi connectivity index (χ3v) is 9.86. The van der Waals surface area contributed by atoms with Gasteiger partial charge in [0, 0.05) is 29.7 Å². The largest absolute Gasteiger partial charge is 0.500 e. The second-order valence-electron chi connectivity index (χ2n) is 12.1. The van der Waals surface area contributed by atoms with Crippen LogP contribution in [0.4, 0.5) is 17.6 Å². The predicted octanol–water partition coefficient (Wildman–Crippen LogP) is 4.74. The van der Waals surface area contributed by atoms with Crippen LogP contribution in [0.25, 0.3) is 5.57 Å². The van der Waals surface area contributed by atoms with Crippen LogP contribution in [0.2, 0.25) is 0 Å². The van der Waals surface area contributed by atoms with Gasteiger partial charge in [0.05, 0.1) is 7.11 Å². The Morgan fingerprint density at radius 3 is 2.41 bits per heavy atom. The number of benzene rings is 1. The van der Waals surface area contributed by atoms with E-state index in [4.69, 9.17) is 16.2 Å². The molecular formula is C30H33F4N3O4. The zero-order valence-corrected chi connectivity index (χ0v) is 22.9. The van der Waals surface area contributed by atoms with E-state index in [0.29, 0.717) is 6.54 Å². The second-order valence-corrected chi connectivity index (χ2v) is 12.1. The number of allylic oxidation sites excluding steroid dienone is 4. The summed E-state index contributed by atoms with van der Waals surface area (Å²) in [7, 11) is 1.22. The first kappa shape index (κ1) is 28.9. The van der Waals surface area contributed by atoms with Crippen LogP contribution in [-0.2, 0) is 14.3 Å². The first-order valence-electron chi connectivity index (χ1n) is 13.7. The van der Waals surface area contributed by atoms with E-state index < -0.39 is 71.0 Å². The highest BCUT2D eigenvalue weighted by Crippen LogP contribution is 2.65. The van der Waals surface area contributed by atoms with E-state index in [9.17, 15) is 23.2 Å². The summed E-state index contributed by atoms with van der Waals surface area (Å²) in [4.78, 5) is 39.1. The highest BCUT2D eigenvalue weighted by Gasteiger charge is 2.65. The molecule has 3 saturated carbocycles. The number of nitrogens with one attached hydrogen (secondary N) is 1. The third kappa shape index (κ3) is 4.63. The Labute approximate surface area is 235 Å². The maximum Gasteiger partial charge on any atom is 0.269 e. The van der Waals surface area contributed by atoms with Crippen LogP contribution in [0.1, 0.15) is 61.4 Å². The molecule has 2 bridgehead atoms. The van der Waals surface area contributed by atoms with Crippen LogP contribution in [0.15, 0.2) is 47.5 Å². The van der Waals surface area contributed by atoms with Crippen molar-refractivity contribution in [3.05, 3.63) is 64.5 Å². The molecule has 5 N–H and O–H groups in total. The van der Waals surface area contributed by atoms with Gasteiger partial charge in [0.25, 0.3) is 6.08 Å². The summed E-state index contributed by atoms with van der Waals surface area (Å²) in [5.74, 6) is -7.67. The number of carbonyl (C=O) groups excluding carboxylic acids is 3. The van der Waals surface area contributed by atoms with E-state index in [1.165, 1.54) is 7.11 Å². The zero-order chi connectivity index (χ0) is 29.9. The zero-order valence-electron chi connectivity index (χ0n) is 22.9. The molecule has 0 aliphatic heterocycles. The Hall–Kier alpha value is -3.63. The molecule has 220 valence electrons. The fourth-order valence-corrected chi connectivity index (χ4v) is 7.62. The molecular weight excluding hydrogens is 542 g/mol. The van der Waals surface area contributed by atoms with E-state index in [1.54, 1.807) is 0 Å². The average Bonchev–Trinajstić information content (AvgIpc) is 3.50. The quantitative estimate of drug-likeness (QED) is 0.388. The number of hydrogen-bond acceptors (Lipinski definition) is 4. The van der Waals surface area contributed by atoms with Crippen LogP contribution in [0, 0.1) is 40.3 Å². The van der Waals surface area contributed by atoms with E-state index in [-0.39, 0.29) is 46.3 Å². The summed E-state index contributed by atoms with van der Waals surface area (Å²) in [5.41, 5.74) is 8.69. The Morgan fingerprint density at radius 1 is 1.15 bits per heavy atom. The first-order valence-corrected chi connectivity index (χ1v) is 13.7. The Kier molecular flexibility index (Phi) is 7.28. The van der Waals surface area contributed by atoms with Crippen molar-refractivity contribution >= 4 is 23.3 Å². The highest BCUT2D eigenvalue weighted by molar-refractivity contribution is 5.95. The summed E-state index contributed by atoms with van der Waals surface area (Å²) < 4.78 is 64.2. The minimum Gasteiger partial charge on any atom is -0.500 e. The van der Waals surface area contributed by atoms with Crippen molar-refractivity contribution < 1.29 is 36.7 Å². The Bertz CT molecular complexity index is 1410. The molecule has 0 aromatic heterocycles. The van der Waals surface area contributed by atoms with Crippen molar-refractivity contribution in [3.8, 4) is 0 Å². The van der Waals surface area contributed by atoms with Gasteiger partial charge < -0.3 is 21.5 Å². The maximum absolute atomic E-state index is 15.6. The number of nitrogens with two attached hydrogens (primary N) is 2. The molecule has 41 heavy (non-hydrogen) atoms. The lowest BCUT2D eigenvalue weighted by Gasteiger charge is -2.46. The van der Waals surface area contributed by atoms with Crippen molar-refractivity contribution in [2.24, 2.45) is 46.0 Å². The Balaban J connectivity index is 1.62. The molecule has 1 aromatic rings. The number of fused-ring (bicyclic) bond motifs is 2. The smallest absolute Gasteiger partial charge is 0.269 e. The van der Waals surface area contributed by atoms with E-state index in [1.807, 2.05) is 6.92 Å². The molecule has 1 unspecified atom stereocenters. The van der Waals surface area contributed by atoms with E-state index in [0.717, 1.165) is 43.5 Å². The number of methoxy groups -OCH3 is 1. The van der Waals surface area contributed by atoms with Crippen molar-refractivity contribution in [3.63, 3.8) is 0 Å². The summed E-state index contributed by atoms with van der Waals surface area (Å²) in [6, 6.07) is 3.21. The van der Waals surface area contributed by atoms with Crippen LogP contribution in [-0.4, -0.2) is 31.4 Å². The van der Waals surface area contributed by atoms with Gasteiger partial charge in [-0.05, 0) is 84.6 Å². The minimum atomic E-state index is -1.85. The molecule has 0 saturated heterocycles. The maximum atomic E-state index is 15.6. The van der Waals surface area contributed by atoms with Gasteiger partial charge in [-0.25, -0.2) is 8.78 Å². The summed E-state index contributed by atoms with van der Waals surface area (Å²) in [6.07, 6.45) is 1.61. The lowest BCUT2D eigenvalue weighted by Crippen LogP contribution is -2.54. The molecule has 7 nitrogen and oxygen atoms in total. The molecule has 3 fully saturated rings. The minimum absolute atomic E-state index is 0.0573. The SMILES string of the molecule is COC1=CC(F)=C(c2cc(C(N)=O)ccc2F)CC1(C(N)=O)[C@@H]1[C@H]2CC(=C(F)F)[C@H](C2)[C@@H]1C(=O)NCC1(C)CCC1. The van der Waals surface area contributed by atoms with Gasteiger partial charge in [0.1, 0.15) is 22.8 Å². The van der Waals surface area contributed by atoms with Gasteiger partial charge in [0.15, 0.2) is 0 Å². The molecule has 11 heteroatoms. The molecule has 4 aliphatic carbocycles. The topological polar surface area (TPSA) is 125 Å². The molecule has 1 aromatic carbocycles. The second kappa shape index (κ2) is 10.3. The lowest BCUT2D eigenvalue weighted by molar-refractivity contribution is -0.138. The van der Waals surface area contributed by atoms with Crippen LogP contribution in [0.3, 0.4) is 0 Å². The van der Waals surface area contributed by atoms with E-state index >= 15 is 8.78 Å².